The van der Waals surface area contributed by atoms with Crippen LogP contribution in [0.25, 0.3) is 0 Å². The fourth-order valence-electron chi connectivity index (χ4n) is 0.993. The van der Waals surface area contributed by atoms with Gasteiger partial charge < -0.3 is 10.4 Å². The Morgan fingerprint density at radius 2 is 2.20 bits per heavy atom. The third-order valence-electron chi connectivity index (χ3n) is 1.81. The highest BCUT2D eigenvalue weighted by molar-refractivity contribution is 6.99. The van der Waals surface area contributed by atoms with Gasteiger partial charge in [0.2, 0.25) is 0 Å². The summed E-state index contributed by atoms with van der Waals surface area (Å²) in [6.07, 6.45) is 1.30. The van der Waals surface area contributed by atoms with Crippen molar-refractivity contribution in [3.05, 3.63) is 11.9 Å². The van der Waals surface area contributed by atoms with Crippen molar-refractivity contribution < 1.29 is 14.7 Å². The number of aliphatic carboxylic acids is 1. The molecule has 2 N–H and O–H groups in total. The Hall–Kier alpha value is -1.50. The molecule has 1 rings (SSSR count). The lowest BCUT2D eigenvalue weighted by atomic mass is 10.0. The van der Waals surface area contributed by atoms with E-state index in [0.717, 1.165) is 11.7 Å². The van der Waals surface area contributed by atoms with Gasteiger partial charge in [-0.25, -0.2) is 4.79 Å². The van der Waals surface area contributed by atoms with E-state index in [1.807, 2.05) is 0 Å². The number of carbonyl (C=O) groups is 2. The van der Waals surface area contributed by atoms with Crippen LogP contribution in [-0.4, -0.2) is 31.8 Å². The topological polar surface area (TPSA) is 92.2 Å². The number of carbonyl (C=O) groups excluding carboxylic acids is 1. The molecule has 6 nitrogen and oxygen atoms in total. The molecular formula is C8H11N3O3S. The number of carboxylic acids is 1. The van der Waals surface area contributed by atoms with Crippen LogP contribution in [-0.2, 0) is 4.79 Å². The summed E-state index contributed by atoms with van der Waals surface area (Å²) in [5.74, 6) is -1.75. The van der Waals surface area contributed by atoms with Crippen LogP contribution in [0.15, 0.2) is 6.20 Å². The average Bonchev–Trinajstić information content (AvgIpc) is 2.65. The number of rotatable bonds is 4. The SMILES string of the molecule is CC(C)C(NC(=O)c1cnsn1)C(=O)O. The lowest BCUT2D eigenvalue weighted by Gasteiger charge is -2.16. The van der Waals surface area contributed by atoms with E-state index in [2.05, 4.69) is 14.1 Å². The number of hydrogen-bond acceptors (Lipinski definition) is 5. The minimum Gasteiger partial charge on any atom is -0.480 e. The molecule has 0 aliphatic heterocycles. The van der Waals surface area contributed by atoms with Crippen molar-refractivity contribution in [2.75, 3.05) is 0 Å². The average molecular weight is 229 g/mol. The molecule has 15 heavy (non-hydrogen) atoms. The van der Waals surface area contributed by atoms with Gasteiger partial charge in [-0.2, -0.15) is 8.75 Å². The van der Waals surface area contributed by atoms with E-state index in [9.17, 15) is 9.59 Å². The molecule has 1 amide bonds. The van der Waals surface area contributed by atoms with E-state index < -0.39 is 17.9 Å². The highest BCUT2D eigenvalue weighted by Gasteiger charge is 2.24. The van der Waals surface area contributed by atoms with Gasteiger partial charge in [0.05, 0.1) is 17.9 Å². The maximum atomic E-state index is 11.5. The molecular weight excluding hydrogens is 218 g/mol. The van der Waals surface area contributed by atoms with Crippen molar-refractivity contribution in [2.24, 2.45) is 5.92 Å². The summed E-state index contributed by atoms with van der Waals surface area (Å²) < 4.78 is 7.38. The molecule has 0 bridgehead atoms. The second-order valence-corrected chi connectivity index (χ2v) is 3.88. The number of nitrogens with one attached hydrogen (secondary N) is 1. The Kier molecular flexibility index (Phi) is 3.73. The Morgan fingerprint density at radius 3 is 2.60 bits per heavy atom. The summed E-state index contributed by atoms with van der Waals surface area (Å²) in [7, 11) is 0. The van der Waals surface area contributed by atoms with Crippen molar-refractivity contribution in [1.29, 1.82) is 0 Å². The van der Waals surface area contributed by atoms with Crippen molar-refractivity contribution in [2.45, 2.75) is 19.9 Å². The number of aromatic nitrogens is 2. The van der Waals surface area contributed by atoms with Crippen LogP contribution in [0, 0.1) is 5.92 Å². The molecule has 0 spiro atoms. The van der Waals surface area contributed by atoms with E-state index in [0.29, 0.717) is 0 Å². The number of amides is 1. The summed E-state index contributed by atoms with van der Waals surface area (Å²) in [4.78, 5) is 22.3. The van der Waals surface area contributed by atoms with Crippen LogP contribution in [0.4, 0.5) is 0 Å². The largest absolute Gasteiger partial charge is 0.480 e. The highest BCUT2D eigenvalue weighted by atomic mass is 32.1. The number of nitrogens with zero attached hydrogens (tertiary/aromatic N) is 2. The van der Waals surface area contributed by atoms with Crippen molar-refractivity contribution in [1.82, 2.24) is 14.1 Å². The van der Waals surface area contributed by atoms with Gasteiger partial charge in [-0.15, -0.1) is 0 Å². The van der Waals surface area contributed by atoms with Gasteiger partial charge in [-0.05, 0) is 5.92 Å². The fourth-order valence-corrected chi connectivity index (χ4v) is 1.41. The van der Waals surface area contributed by atoms with E-state index in [1.54, 1.807) is 13.8 Å². The number of hydrogen-bond donors (Lipinski definition) is 2. The molecule has 0 aliphatic rings. The molecule has 1 heterocycles. The standard InChI is InChI=1S/C8H11N3O3S/c1-4(2)6(8(13)14)10-7(12)5-3-9-15-11-5/h3-4,6H,1-2H3,(H,10,12)(H,13,14). The van der Waals surface area contributed by atoms with Crippen LogP contribution in [0.2, 0.25) is 0 Å². The van der Waals surface area contributed by atoms with E-state index in [1.165, 1.54) is 6.20 Å². The summed E-state index contributed by atoms with van der Waals surface area (Å²) in [6.45, 7) is 3.44. The zero-order valence-corrected chi connectivity index (χ0v) is 9.11. The van der Waals surface area contributed by atoms with E-state index in [-0.39, 0.29) is 11.6 Å². The zero-order valence-electron chi connectivity index (χ0n) is 8.30. The third kappa shape index (κ3) is 2.98. The molecule has 0 fully saturated rings. The van der Waals surface area contributed by atoms with Gasteiger partial charge >= 0.3 is 5.97 Å². The second-order valence-electron chi connectivity index (χ2n) is 3.33. The lowest BCUT2D eigenvalue weighted by molar-refractivity contribution is -0.140. The Labute approximate surface area is 90.7 Å². The van der Waals surface area contributed by atoms with Crippen LogP contribution >= 0.6 is 11.7 Å². The molecule has 0 aliphatic carbocycles. The first-order valence-electron chi connectivity index (χ1n) is 4.33. The molecule has 1 aromatic rings. The van der Waals surface area contributed by atoms with Crippen LogP contribution in [0.3, 0.4) is 0 Å². The molecule has 0 aromatic carbocycles. The minimum absolute atomic E-state index is 0.145. The van der Waals surface area contributed by atoms with E-state index >= 15 is 0 Å². The molecule has 1 aromatic heterocycles. The molecule has 0 radical (unpaired) electrons. The quantitative estimate of drug-likeness (QED) is 0.778. The van der Waals surface area contributed by atoms with Gasteiger partial charge in [0, 0.05) is 0 Å². The molecule has 0 saturated heterocycles. The predicted molar refractivity (Wildman–Crippen MR) is 53.6 cm³/mol. The van der Waals surface area contributed by atoms with Gasteiger partial charge in [0.25, 0.3) is 5.91 Å². The van der Waals surface area contributed by atoms with Crippen LogP contribution in [0.1, 0.15) is 24.3 Å². The van der Waals surface area contributed by atoms with Crippen LogP contribution in [0.5, 0.6) is 0 Å². The normalized spacial score (nSPS) is 12.5. The lowest BCUT2D eigenvalue weighted by Crippen LogP contribution is -2.44. The zero-order chi connectivity index (χ0) is 11.4. The molecule has 7 heteroatoms. The first-order valence-corrected chi connectivity index (χ1v) is 5.06. The Bertz CT molecular complexity index is 350. The van der Waals surface area contributed by atoms with Gasteiger partial charge in [0.1, 0.15) is 6.04 Å². The first-order chi connectivity index (χ1) is 7.02. The Balaban J connectivity index is 2.67. The predicted octanol–water partition coefficient (Wildman–Crippen LogP) is 0.377. The van der Waals surface area contributed by atoms with Crippen molar-refractivity contribution in [3.63, 3.8) is 0 Å². The minimum atomic E-state index is -1.05. The van der Waals surface area contributed by atoms with Gasteiger partial charge in [0.15, 0.2) is 5.69 Å². The fraction of sp³-hybridized carbons (Fsp3) is 0.500. The highest BCUT2D eigenvalue weighted by Crippen LogP contribution is 2.03. The summed E-state index contributed by atoms with van der Waals surface area (Å²) in [5.41, 5.74) is 0.145. The Morgan fingerprint density at radius 1 is 1.53 bits per heavy atom. The van der Waals surface area contributed by atoms with Gasteiger partial charge in [-0.3, -0.25) is 4.79 Å². The second kappa shape index (κ2) is 4.83. The molecule has 82 valence electrons. The van der Waals surface area contributed by atoms with Crippen LogP contribution < -0.4 is 5.32 Å². The van der Waals surface area contributed by atoms with Gasteiger partial charge in [-0.1, -0.05) is 13.8 Å². The molecule has 1 atom stereocenters. The first kappa shape index (κ1) is 11.6. The van der Waals surface area contributed by atoms with E-state index in [4.69, 9.17) is 5.11 Å². The summed E-state index contributed by atoms with van der Waals surface area (Å²) >= 11 is 0.904. The summed E-state index contributed by atoms with van der Waals surface area (Å²) in [6, 6.07) is -0.904. The molecule has 1 unspecified atom stereocenters. The molecule has 0 saturated carbocycles. The third-order valence-corrected chi connectivity index (χ3v) is 2.29. The summed E-state index contributed by atoms with van der Waals surface area (Å²) in [5, 5.41) is 11.2. The number of carboxylic acid groups (broad SMARTS) is 1. The van der Waals surface area contributed by atoms with Crippen molar-refractivity contribution >= 4 is 23.6 Å². The smallest absolute Gasteiger partial charge is 0.326 e. The monoisotopic (exact) mass is 229 g/mol. The van der Waals surface area contributed by atoms with Crippen molar-refractivity contribution in [3.8, 4) is 0 Å². The maximum Gasteiger partial charge on any atom is 0.326 e. The maximum absolute atomic E-state index is 11.5.